The second-order valence-electron chi connectivity index (χ2n) is 6.31. The first-order chi connectivity index (χ1) is 13.3. The van der Waals surface area contributed by atoms with Crippen LogP contribution in [0.15, 0.2) is 47.3 Å². The van der Waals surface area contributed by atoms with E-state index in [1.807, 2.05) is 0 Å². The number of aromatic nitrogens is 2. The van der Waals surface area contributed by atoms with Gasteiger partial charge in [-0.3, -0.25) is 19.7 Å². The first-order valence-corrected chi connectivity index (χ1v) is 8.36. The molecule has 0 bridgehead atoms. The first kappa shape index (κ1) is 19.1. The van der Waals surface area contributed by atoms with Crippen LogP contribution in [0.25, 0.3) is 10.9 Å². The lowest BCUT2D eigenvalue weighted by atomic mass is 10.2. The maximum absolute atomic E-state index is 13.2. The van der Waals surface area contributed by atoms with E-state index in [1.54, 1.807) is 31.3 Å². The van der Waals surface area contributed by atoms with Crippen molar-refractivity contribution in [3.63, 3.8) is 0 Å². The molecular formula is C18H17FN5O4+. The third kappa shape index (κ3) is 4.35. The molecule has 0 saturated heterocycles. The Morgan fingerprint density at radius 1 is 1.32 bits per heavy atom. The maximum atomic E-state index is 13.2. The predicted octanol–water partition coefficient (Wildman–Crippen LogP) is 0.624. The van der Waals surface area contributed by atoms with E-state index in [-0.39, 0.29) is 24.3 Å². The number of carbonyl (C=O) groups is 1. The highest BCUT2D eigenvalue weighted by atomic mass is 19.1. The van der Waals surface area contributed by atoms with Crippen LogP contribution in [0.3, 0.4) is 0 Å². The zero-order chi connectivity index (χ0) is 20.3. The second-order valence-corrected chi connectivity index (χ2v) is 6.31. The zero-order valence-corrected chi connectivity index (χ0v) is 14.9. The molecule has 1 unspecified atom stereocenters. The number of rotatable bonds is 6. The number of likely N-dealkylation sites (N-methyl/N-ethyl adjacent to an activating group) is 1. The monoisotopic (exact) mass is 386 g/mol. The number of quaternary nitrogens is 1. The number of aromatic amines is 1. The summed E-state index contributed by atoms with van der Waals surface area (Å²) < 4.78 is 13.2. The molecule has 0 saturated carbocycles. The number of fused-ring (bicyclic) bond motifs is 1. The Balaban J connectivity index is 1.68. The summed E-state index contributed by atoms with van der Waals surface area (Å²) >= 11 is 0. The summed E-state index contributed by atoms with van der Waals surface area (Å²) in [5, 5.41) is 13.9. The highest BCUT2D eigenvalue weighted by Crippen LogP contribution is 2.24. The van der Waals surface area contributed by atoms with Crippen LogP contribution in [0.2, 0.25) is 0 Å². The molecule has 3 aromatic rings. The standard InChI is InChI=1S/C18H16FN5O4/c1-23(9-16-20-13-5-3-2-4-12(13)18(26)22-16)10-17(25)21-14-7-6-11(19)8-15(14)24(27)28/h2-8H,9-10H2,1H3,(H,21,25)(H,20,22,26)/p+1. The lowest BCUT2D eigenvalue weighted by Crippen LogP contribution is -3.08. The lowest BCUT2D eigenvalue weighted by Gasteiger charge is -2.13. The van der Waals surface area contributed by atoms with Gasteiger partial charge in [-0.2, -0.15) is 0 Å². The summed E-state index contributed by atoms with van der Waals surface area (Å²) in [6.45, 7) is 0.226. The maximum Gasteiger partial charge on any atom is 0.295 e. The molecular weight excluding hydrogens is 369 g/mol. The normalized spacial score (nSPS) is 11.9. The van der Waals surface area contributed by atoms with Gasteiger partial charge < -0.3 is 15.2 Å². The Morgan fingerprint density at radius 3 is 2.82 bits per heavy atom. The molecule has 0 fully saturated rings. The molecule has 3 rings (SSSR count). The van der Waals surface area contributed by atoms with Crippen molar-refractivity contribution >= 4 is 28.2 Å². The smallest absolute Gasteiger partial charge is 0.295 e. The molecule has 0 radical (unpaired) electrons. The number of H-pyrrole nitrogens is 1. The van der Waals surface area contributed by atoms with Gasteiger partial charge in [-0.25, -0.2) is 9.37 Å². The van der Waals surface area contributed by atoms with Gasteiger partial charge in [0, 0.05) is 0 Å². The summed E-state index contributed by atoms with van der Waals surface area (Å²) in [6, 6.07) is 9.84. The minimum absolute atomic E-state index is 0.0366. The lowest BCUT2D eigenvalue weighted by molar-refractivity contribution is -0.885. The molecule has 9 nitrogen and oxygen atoms in total. The van der Waals surface area contributed by atoms with Crippen LogP contribution in [0, 0.1) is 15.9 Å². The summed E-state index contributed by atoms with van der Waals surface area (Å²) in [6.07, 6.45) is 0. The van der Waals surface area contributed by atoms with Crippen LogP contribution in [0.4, 0.5) is 15.8 Å². The van der Waals surface area contributed by atoms with Gasteiger partial charge in [-0.1, -0.05) is 12.1 Å². The number of nitrogens with one attached hydrogen (secondary N) is 3. The summed E-state index contributed by atoms with van der Waals surface area (Å²) in [5.41, 5.74) is -0.312. The Morgan fingerprint density at radius 2 is 2.07 bits per heavy atom. The Hall–Kier alpha value is -3.66. The molecule has 1 amide bonds. The molecule has 0 aliphatic carbocycles. The third-order valence-electron chi connectivity index (χ3n) is 4.02. The molecule has 0 spiro atoms. The fourth-order valence-electron chi connectivity index (χ4n) is 2.80. The van der Waals surface area contributed by atoms with Crippen LogP contribution in [0.5, 0.6) is 0 Å². The average Bonchev–Trinajstić information content (AvgIpc) is 2.63. The van der Waals surface area contributed by atoms with E-state index in [0.717, 1.165) is 18.2 Å². The minimum atomic E-state index is -0.765. The molecule has 144 valence electrons. The van der Waals surface area contributed by atoms with Crippen molar-refractivity contribution in [1.29, 1.82) is 0 Å². The van der Waals surface area contributed by atoms with Gasteiger partial charge in [-0.15, -0.1) is 0 Å². The van der Waals surface area contributed by atoms with Gasteiger partial charge in [0.1, 0.15) is 18.0 Å². The van der Waals surface area contributed by atoms with Crippen molar-refractivity contribution in [1.82, 2.24) is 9.97 Å². The predicted molar refractivity (Wildman–Crippen MR) is 99.5 cm³/mol. The molecule has 1 atom stereocenters. The van der Waals surface area contributed by atoms with Crippen molar-refractivity contribution in [2.75, 3.05) is 18.9 Å². The van der Waals surface area contributed by atoms with E-state index in [0.29, 0.717) is 21.6 Å². The van der Waals surface area contributed by atoms with Crippen LogP contribution in [-0.2, 0) is 11.3 Å². The van der Waals surface area contributed by atoms with Crippen LogP contribution in [0.1, 0.15) is 5.82 Å². The number of hydrogen-bond donors (Lipinski definition) is 3. The van der Waals surface area contributed by atoms with Crippen molar-refractivity contribution in [2.45, 2.75) is 6.54 Å². The van der Waals surface area contributed by atoms with Crippen LogP contribution < -0.4 is 15.8 Å². The highest BCUT2D eigenvalue weighted by Gasteiger charge is 2.19. The van der Waals surface area contributed by atoms with Crippen molar-refractivity contribution in [3.05, 3.63) is 74.6 Å². The van der Waals surface area contributed by atoms with Crippen LogP contribution >= 0.6 is 0 Å². The molecule has 1 aromatic heterocycles. The number of anilines is 1. The number of halogens is 1. The molecule has 1 heterocycles. The fraction of sp³-hybridized carbons (Fsp3) is 0.167. The van der Waals surface area contributed by atoms with E-state index in [2.05, 4.69) is 15.3 Å². The summed E-state index contributed by atoms with van der Waals surface area (Å²) in [7, 11) is 1.72. The van der Waals surface area contributed by atoms with E-state index in [1.165, 1.54) is 0 Å². The Bertz CT molecular complexity index is 1110. The van der Waals surface area contributed by atoms with Gasteiger partial charge in [0.25, 0.3) is 17.2 Å². The first-order valence-electron chi connectivity index (χ1n) is 8.36. The SMILES string of the molecule is C[NH+](CC(=O)Nc1ccc(F)cc1[N+](=O)[O-])Cc1nc2ccccc2c(=O)[nH]1. The summed E-state index contributed by atoms with van der Waals surface area (Å²) in [5.74, 6) is -0.837. The van der Waals surface area contributed by atoms with Gasteiger partial charge in [0.15, 0.2) is 12.4 Å². The number of nitrogens with zero attached hydrogens (tertiary/aromatic N) is 2. The van der Waals surface area contributed by atoms with E-state index in [4.69, 9.17) is 0 Å². The number of hydrogen-bond acceptors (Lipinski definition) is 5. The Labute approximate surface area is 158 Å². The Kier molecular flexibility index (Phi) is 5.41. The minimum Gasteiger partial charge on any atom is -0.323 e. The number of amides is 1. The van der Waals surface area contributed by atoms with Gasteiger partial charge in [0.05, 0.1) is 28.9 Å². The highest BCUT2D eigenvalue weighted by molar-refractivity contribution is 5.93. The van der Waals surface area contributed by atoms with E-state index < -0.39 is 22.3 Å². The van der Waals surface area contributed by atoms with E-state index in [9.17, 15) is 24.1 Å². The number of carbonyl (C=O) groups excluding carboxylic acids is 1. The van der Waals surface area contributed by atoms with Gasteiger partial charge in [0.2, 0.25) is 0 Å². The topological polar surface area (TPSA) is 122 Å². The second kappa shape index (κ2) is 7.92. The third-order valence-corrected chi connectivity index (χ3v) is 4.02. The molecule has 10 heteroatoms. The largest absolute Gasteiger partial charge is 0.323 e. The molecule has 0 aliphatic heterocycles. The van der Waals surface area contributed by atoms with E-state index >= 15 is 0 Å². The van der Waals surface area contributed by atoms with Gasteiger partial charge in [-0.05, 0) is 24.3 Å². The summed E-state index contributed by atoms with van der Waals surface area (Å²) in [4.78, 5) is 42.3. The van der Waals surface area contributed by atoms with Crippen LogP contribution in [-0.4, -0.2) is 34.4 Å². The number of nitro groups is 1. The number of benzene rings is 2. The zero-order valence-electron chi connectivity index (χ0n) is 14.9. The number of nitro benzene ring substituents is 1. The quantitative estimate of drug-likeness (QED) is 0.424. The fourth-order valence-corrected chi connectivity index (χ4v) is 2.80. The van der Waals surface area contributed by atoms with Crippen molar-refractivity contribution in [2.24, 2.45) is 0 Å². The number of para-hydroxylation sites is 1. The van der Waals surface area contributed by atoms with Gasteiger partial charge >= 0.3 is 0 Å². The molecule has 3 N–H and O–H groups in total. The molecule has 0 aliphatic rings. The van der Waals surface area contributed by atoms with Crippen molar-refractivity contribution in [3.8, 4) is 0 Å². The van der Waals surface area contributed by atoms with Crippen molar-refractivity contribution < 1.29 is 19.0 Å². The average molecular weight is 386 g/mol. The molecule has 2 aromatic carbocycles. The molecule has 28 heavy (non-hydrogen) atoms.